The number of aliphatic hydroxyl groups excluding tert-OH is 1. The Labute approximate surface area is 82.4 Å². The quantitative estimate of drug-likeness (QED) is 0.602. The maximum atomic E-state index is 9.68. The molecule has 1 N–H and O–H groups in total. The van der Waals surface area contributed by atoms with Crippen LogP contribution >= 0.6 is 0 Å². The summed E-state index contributed by atoms with van der Waals surface area (Å²) in [5.41, 5.74) is -0.154. The van der Waals surface area contributed by atoms with Gasteiger partial charge in [0.1, 0.15) is 0 Å². The highest BCUT2D eigenvalue weighted by Gasteiger charge is 2.70. The molecule has 14 heavy (non-hydrogen) atoms. The van der Waals surface area contributed by atoms with Crippen LogP contribution in [0, 0.1) is 28.6 Å². The Hall–Kier alpha value is -0.630. The minimum absolute atomic E-state index is 0.0444. The van der Waals surface area contributed by atoms with E-state index in [1.165, 1.54) is 0 Å². The van der Waals surface area contributed by atoms with Gasteiger partial charge in [-0.2, -0.15) is 5.26 Å². The molecule has 0 spiro atoms. The van der Waals surface area contributed by atoms with Crippen LogP contribution in [0.15, 0.2) is 0 Å². The molecule has 3 aliphatic heterocycles. The highest BCUT2D eigenvalue weighted by Crippen LogP contribution is 2.59. The number of nitriles is 1. The van der Waals surface area contributed by atoms with E-state index in [4.69, 9.17) is 14.7 Å². The Balaban J connectivity index is 2.07. The molecule has 76 valence electrons. The van der Waals surface area contributed by atoms with Gasteiger partial charge >= 0.3 is 0 Å². The largest absolute Gasteiger partial charge is 0.370 e. The monoisotopic (exact) mass is 195 g/mol. The van der Waals surface area contributed by atoms with Gasteiger partial charge in [0.25, 0.3) is 0 Å². The summed E-state index contributed by atoms with van der Waals surface area (Å²) in [5, 5.41) is 18.7. The van der Waals surface area contributed by atoms with Crippen LogP contribution in [0.5, 0.6) is 0 Å². The summed E-state index contributed by atoms with van der Waals surface area (Å²) in [5.74, 6) is -0.355. The van der Waals surface area contributed by atoms with E-state index in [9.17, 15) is 5.11 Å². The van der Waals surface area contributed by atoms with Crippen LogP contribution in [0.2, 0.25) is 0 Å². The smallest absolute Gasteiger partial charge is 0.161 e. The molecule has 2 bridgehead atoms. The molecule has 4 heteroatoms. The van der Waals surface area contributed by atoms with Crippen molar-refractivity contribution in [2.24, 2.45) is 17.3 Å². The number of fused-ring (bicyclic) bond motifs is 1. The van der Waals surface area contributed by atoms with Gasteiger partial charge in [-0.15, -0.1) is 0 Å². The van der Waals surface area contributed by atoms with E-state index >= 15 is 0 Å². The zero-order valence-electron chi connectivity index (χ0n) is 8.18. The minimum Gasteiger partial charge on any atom is -0.370 e. The Kier molecular flexibility index (Phi) is 1.42. The third kappa shape index (κ3) is 0.714. The Morgan fingerprint density at radius 2 is 2.00 bits per heavy atom. The lowest BCUT2D eigenvalue weighted by Gasteiger charge is -2.32. The molecule has 6 atom stereocenters. The summed E-state index contributed by atoms with van der Waals surface area (Å²) >= 11 is 0. The van der Waals surface area contributed by atoms with Crippen LogP contribution in [0.3, 0.4) is 0 Å². The van der Waals surface area contributed by atoms with E-state index < -0.39 is 6.29 Å². The summed E-state index contributed by atoms with van der Waals surface area (Å²) in [6.07, 6.45) is -1.02. The molecule has 0 amide bonds. The molecule has 0 aromatic carbocycles. The van der Waals surface area contributed by atoms with Crippen LogP contribution in [0.1, 0.15) is 13.8 Å². The maximum Gasteiger partial charge on any atom is 0.161 e. The van der Waals surface area contributed by atoms with E-state index in [0.717, 1.165) is 0 Å². The van der Waals surface area contributed by atoms with Crippen LogP contribution < -0.4 is 0 Å². The summed E-state index contributed by atoms with van der Waals surface area (Å²) in [6, 6.07) is 2.24. The van der Waals surface area contributed by atoms with Gasteiger partial charge in [0, 0.05) is 5.41 Å². The second kappa shape index (κ2) is 2.30. The molecule has 6 unspecified atom stereocenters. The fraction of sp³-hybridized carbons (Fsp3) is 0.900. The molecular weight excluding hydrogens is 182 g/mol. The van der Waals surface area contributed by atoms with Gasteiger partial charge in [0.15, 0.2) is 6.29 Å². The normalized spacial score (nSPS) is 57.6. The van der Waals surface area contributed by atoms with Crippen molar-refractivity contribution >= 4 is 0 Å². The number of ether oxygens (including phenoxy) is 2. The molecule has 0 aromatic rings. The number of rotatable bonds is 0. The zero-order valence-corrected chi connectivity index (χ0v) is 8.18. The summed E-state index contributed by atoms with van der Waals surface area (Å²) in [7, 11) is 0. The van der Waals surface area contributed by atoms with Crippen molar-refractivity contribution in [3.8, 4) is 6.07 Å². The van der Waals surface area contributed by atoms with Crippen molar-refractivity contribution in [1.29, 1.82) is 5.26 Å². The zero-order chi connectivity index (χ0) is 10.1. The van der Waals surface area contributed by atoms with Gasteiger partial charge in [-0.3, -0.25) is 0 Å². The molecule has 0 radical (unpaired) electrons. The fourth-order valence-corrected chi connectivity index (χ4v) is 3.23. The maximum absolute atomic E-state index is 9.68. The third-order valence-corrected chi connectivity index (χ3v) is 3.95. The molecule has 0 aliphatic carbocycles. The van der Waals surface area contributed by atoms with Gasteiger partial charge in [0.05, 0.1) is 36.2 Å². The average molecular weight is 195 g/mol. The minimum atomic E-state index is -0.818. The fourth-order valence-electron chi connectivity index (χ4n) is 3.23. The lowest BCUT2D eigenvalue weighted by atomic mass is 9.67. The molecule has 3 saturated heterocycles. The molecule has 3 aliphatic rings. The average Bonchev–Trinajstić information content (AvgIpc) is 2.68. The van der Waals surface area contributed by atoms with Gasteiger partial charge in [-0.1, -0.05) is 13.8 Å². The van der Waals surface area contributed by atoms with Crippen LogP contribution in [-0.2, 0) is 9.47 Å². The molecule has 3 heterocycles. The number of nitrogens with zero attached hydrogens (tertiary/aromatic N) is 1. The van der Waals surface area contributed by atoms with Gasteiger partial charge in [-0.25, -0.2) is 0 Å². The SMILES string of the molecule is CC1(C)C2OC3C(C(O)OC31)C2C#N. The van der Waals surface area contributed by atoms with E-state index in [0.29, 0.717) is 0 Å². The second-order valence-corrected chi connectivity index (χ2v) is 5.02. The summed E-state index contributed by atoms with van der Waals surface area (Å²) < 4.78 is 11.2. The first-order valence-corrected chi connectivity index (χ1v) is 4.96. The van der Waals surface area contributed by atoms with Gasteiger partial charge in [0.2, 0.25) is 0 Å². The van der Waals surface area contributed by atoms with E-state index in [-0.39, 0.29) is 35.6 Å². The van der Waals surface area contributed by atoms with Gasteiger partial charge in [-0.05, 0) is 0 Å². The first-order chi connectivity index (χ1) is 6.57. The Morgan fingerprint density at radius 3 is 2.64 bits per heavy atom. The van der Waals surface area contributed by atoms with Crippen molar-refractivity contribution in [2.45, 2.75) is 38.4 Å². The van der Waals surface area contributed by atoms with Crippen LogP contribution in [0.25, 0.3) is 0 Å². The first kappa shape index (κ1) is 8.66. The lowest BCUT2D eigenvalue weighted by Crippen LogP contribution is -2.44. The predicted octanol–water partition coefficient (Wildman–Crippen LogP) is 0.267. The topological polar surface area (TPSA) is 62.5 Å². The summed E-state index contributed by atoms with van der Waals surface area (Å²) in [6.45, 7) is 4.09. The van der Waals surface area contributed by atoms with Crippen molar-refractivity contribution < 1.29 is 14.6 Å². The molecule has 3 rings (SSSR count). The molecule has 0 aromatic heterocycles. The number of hydrogen-bond acceptors (Lipinski definition) is 4. The van der Waals surface area contributed by atoms with Crippen molar-refractivity contribution in [2.75, 3.05) is 0 Å². The summed E-state index contributed by atoms with van der Waals surface area (Å²) in [4.78, 5) is 0. The van der Waals surface area contributed by atoms with Crippen molar-refractivity contribution in [3.63, 3.8) is 0 Å². The van der Waals surface area contributed by atoms with E-state index in [2.05, 4.69) is 6.07 Å². The molecule has 0 saturated carbocycles. The first-order valence-electron chi connectivity index (χ1n) is 4.96. The predicted molar refractivity (Wildman–Crippen MR) is 45.9 cm³/mol. The standard InChI is InChI=1S/C10H13NO3/c1-10(2)7-4(3-11)5-6(13-7)8(10)14-9(5)12/h4-9,12H,1-2H3. The lowest BCUT2D eigenvalue weighted by molar-refractivity contribution is -0.120. The molecular formula is C10H13NO3. The third-order valence-electron chi connectivity index (χ3n) is 3.95. The van der Waals surface area contributed by atoms with Crippen LogP contribution in [-0.4, -0.2) is 29.7 Å². The molecule has 4 nitrogen and oxygen atoms in total. The van der Waals surface area contributed by atoms with E-state index in [1.54, 1.807) is 0 Å². The van der Waals surface area contributed by atoms with Crippen molar-refractivity contribution in [3.05, 3.63) is 0 Å². The highest BCUT2D eigenvalue weighted by molar-refractivity contribution is 5.19. The number of aliphatic hydroxyl groups is 1. The van der Waals surface area contributed by atoms with E-state index in [1.807, 2.05) is 13.8 Å². The van der Waals surface area contributed by atoms with Gasteiger partial charge < -0.3 is 14.6 Å². The van der Waals surface area contributed by atoms with Crippen molar-refractivity contribution in [1.82, 2.24) is 0 Å². The highest BCUT2D eigenvalue weighted by atomic mass is 16.7. The molecule has 3 fully saturated rings. The Morgan fingerprint density at radius 1 is 1.29 bits per heavy atom. The second-order valence-electron chi connectivity index (χ2n) is 5.02. The number of hydrogen-bond donors (Lipinski definition) is 1. The Bertz CT molecular complexity index is 322. The van der Waals surface area contributed by atoms with Crippen LogP contribution in [0.4, 0.5) is 0 Å².